The van der Waals surface area contributed by atoms with Gasteiger partial charge in [0.05, 0.1) is 15.5 Å². The van der Waals surface area contributed by atoms with Gasteiger partial charge in [-0.1, -0.05) is 48.5 Å². The average Bonchev–Trinajstić information content (AvgIpc) is 3.78. The normalized spacial score (nSPS) is 13.6. The van der Waals surface area contributed by atoms with Crippen LogP contribution in [0.5, 0.6) is 0 Å². The summed E-state index contributed by atoms with van der Waals surface area (Å²) in [5.74, 6) is 0. The van der Waals surface area contributed by atoms with Crippen molar-refractivity contribution in [3.63, 3.8) is 0 Å². The van der Waals surface area contributed by atoms with Crippen molar-refractivity contribution in [2.24, 2.45) is 0 Å². The third kappa shape index (κ3) is 4.65. The maximum atomic E-state index is 4.23. The molecule has 5 heterocycles. The first kappa shape index (κ1) is 29.6. The Balaban J connectivity index is 2.12. The van der Waals surface area contributed by atoms with Gasteiger partial charge in [0.1, 0.15) is 0 Å². The minimum Gasteiger partial charge on any atom is -0.355 e. The molecule has 5 rings (SSSR count). The number of aromatic amines is 3. The van der Waals surface area contributed by atoms with E-state index >= 15 is 0 Å². The topological polar surface area (TPSA) is 52.3 Å². The van der Waals surface area contributed by atoms with Crippen LogP contribution in [-0.2, 0) is 32.2 Å². The van der Waals surface area contributed by atoms with Crippen LogP contribution in [0, 0.1) is 0 Å². The van der Waals surface area contributed by atoms with Crippen LogP contribution in [0.15, 0.2) is 24.3 Å². The number of hydrogen-bond donors (Lipinski definition) is 3. The Morgan fingerprint density at radius 2 is 1.02 bits per heavy atom. The van der Waals surface area contributed by atoms with E-state index in [2.05, 4.69) is 115 Å². The second-order valence-corrected chi connectivity index (χ2v) is 11.8. The molecule has 1 aliphatic rings. The molecule has 4 nitrogen and oxygen atoms in total. The fourth-order valence-corrected chi connectivity index (χ4v) is 8.12. The molecule has 0 unspecified atom stereocenters. The molecule has 0 atom stereocenters. The van der Waals surface area contributed by atoms with E-state index in [1.807, 2.05) is 0 Å². The van der Waals surface area contributed by atoms with Crippen LogP contribution in [0.2, 0.25) is 0 Å². The first-order valence-electron chi connectivity index (χ1n) is 15.9. The molecule has 218 valence electrons. The van der Waals surface area contributed by atoms with E-state index in [9.17, 15) is 0 Å². The smallest absolute Gasteiger partial charge is 0.0653 e. The van der Waals surface area contributed by atoms with Crippen LogP contribution < -0.4 is 21.4 Å². The number of hydrogen-bond acceptors (Lipinski definition) is 0. The standard InChI is InChI=1S/C36H47BrN4/c1-9-21-22(10-2)34-32(37)36-24(12-4)23(11-3)35(41(36)16-8)27(15-7)31-20-18-29(39-31)25(13-5)28-17-19-30(38-28)26(14-6)33(21)40-34/h17-20,38-40H,9-16H2,1-8H3. The van der Waals surface area contributed by atoms with Crippen molar-refractivity contribution in [1.29, 1.82) is 0 Å². The third-order valence-electron chi connectivity index (χ3n) is 9.17. The highest BCUT2D eigenvalue weighted by atomic mass is 79.9. The molecule has 1 aliphatic heterocycles. The van der Waals surface area contributed by atoms with E-state index in [1.54, 1.807) is 0 Å². The molecule has 41 heavy (non-hydrogen) atoms. The van der Waals surface area contributed by atoms with Crippen molar-refractivity contribution in [3.05, 3.63) is 90.7 Å². The lowest BCUT2D eigenvalue weighted by Crippen LogP contribution is -2.31. The Labute approximate surface area is 253 Å². The Morgan fingerprint density at radius 3 is 1.56 bits per heavy atom. The summed E-state index contributed by atoms with van der Waals surface area (Å²) >= 11 is 4.23. The van der Waals surface area contributed by atoms with Gasteiger partial charge in [0.2, 0.25) is 0 Å². The van der Waals surface area contributed by atoms with Gasteiger partial charge in [-0.05, 0) is 131 Å². The maximum Gasteiger partial charge on any atom is 0.0653 e. The monoisotopic (exact) mass is 614 g/mol. The van der Waals surface area contributed by atoms with Crippen molar-refractivity contribution < 1.29 is 0 Å². The van der Waals surface area contributed by atoms with Crippen LogP contribution >= 0.6 is 15.9 Å². The molecule has 8 bridgehead atoms. The molecule has 0 aromatic carbocycles. The van der Waals surface area contributed by atoms with Crippen LogP contribution in [0.1, 0.15) is 120 Å². The van der Waals surface area contributed by atoms with Gasteiger partial charge in [-0.3, -0.25) is 0 Å². The zero-order valence-corrected chi connectivity index (χ0v) is 27.9. The van der Waals surface area contributed by atoms with Gasteiger partial charge in [0, 0.05) is 39.7 Å². The average molecular weight is 616 g/mol. The molecule has 4 aromatic heterocycles. The van der Waals surface area contributed by atoms with Gasteiger partial charge < -0.3 is 19.5 Å². The molecule has 4 aromatic rings. The number of H-pyrrole nitrogens is 3. The third-order valence-corrected chi connectivity index (χ3v) is 9.94. The molecule has 0 saturated carbocycles. The van der Waals surface area contributed by atoms with Crippen molar-refractivity contribution in [1.82, 2.24) is 19.5 Å². The molecule has 0 aliphatic carbocycles. The molecule has 0 saturated heterocycles. The summed E-state index contributed by atoms with van der Waals surface area (Å²) in [5, 5.41) is 5.12. The van der Waals surface area contributed by atoms with E-state index < -0.39 is 0 Å². The van der Waals surface area contributed by atoms with E-state index in [0.717, 1.165) is 51.5 Å². The lowest BCUT2D eigenvalue weighted by molar-refractivity contribution is 0.712. The van der Waals surface area contributed by atoms with E-state index in [4.69, 9.17) is 0 Å². The Kier molecular flexibility index (Phi) is 8.75. The molecule has 0 amide bonds. The minimum absolute atomic E-state index is 0.919. The number of fused-ring (bicyclic) bond motifs is 8. The first-order chi connectivity index (χ1) is 19.9. The number of rotatable bonds is 8. The highest BCUT2D eigenvalue weighted by molar-refractivity contribution is 9.15. The fourth-order valence-electron chi connectivity index (χ4n) is 7.33. The van der Waals surface area contributed by atoms with Crippen LogP contribution in [-0.4, -0.2) is 19.5 Å². The second kappa shape index (κ2) is 12.1. The number of aromatic nitrogens is 4. The van der Waals surface area contributed by atoms with Crippen LogP contribution in [0.25, 0.3) is 21.2 Å². The van der Waals surface area contributed by atoms with Crippen LogP contribution in [0.3, 0.4) is 0 Å². The highest BCUT2D eigenvalue weighted by Crippen LogP contribution is 2.32. The summed E-state index contributed by atoms with van der Waals surface area (Å²) < 4.78 is 3.78. The molecular weight excluding hydrogens is 568 g/mol. The largest absolute Gasteiger partial charge is 0.355 e. The second-order valence-electron chi connectivity index (χ2n) is 11.0. The maximum absolute atomic E-state index is 4.23. The van der Waals surface area contributed by atoms with E-state index in [1.165, 1.54) is 87.6 Å². The predicted molar refractivity (Wildman–Crippen MR) is 178 cm³/mol. The number of nitrogens with one attached hydrogen (secondary N) is 3. The Hall–Kier alpha value is -2.92. The summed E-state index contributed by atoms with van der Waals surface area (Å²) in [6.07, 6.45) is 6.87. The van der Waals surface area contributed by atoms with Crippen molar-refractivity contribution in [2.75, 3.05) is 0 Å². The molecule has 0 fully saturated rings. The summed E-state index contributed by atoms with van der Waals surface area (Å²) in [4.78, 5) is 11.7. The van der Waals surface area contributed by atoms with Crippen LogP contribution in [0.4, 0.5) is 0 Å². The zero-order valence-electron chi connectivity index (χ0n) is 26.3. The summed E-state index contributed by atoms with van der Waals surface area (Å²) in [7, 11) is 0. The van der Waals surface area contributed by atoms with Gasteiger partial charge in [0.25, 0.3) is 0 Å². The number of nitrogens with zero attached hydrogens (tertiary/aromatic N) is 1. The minimum atomic E-state index is 0.919. The van der Waals surface area contributed by atoms with Gasteiger partial charge >= 0.3 is 0 Å². The molecule has 5 heteroatoms. The van der Waals surface area contributed by atoms with Gasteiger partial charge in [0.15, 0.2) is 0 Å². The first-order valence-corrected chi connectivity index (χ1v) is 16.7. The quantitative estimate of drug-likeness (QED) is 0.205. The van der Waals surface area contributed by atoms with E-state index in [-0.39, 0.29) is 0 Å². The molecular formula is C36H47BrN4. The van der Waals surface area contributed by atoms with Crippen molar-refractivity contribution >= 4 is 37.1 Å². The van der Waals surface area contributed by atoms with Crippen molar-refractivity contribution in [2.45, 2.75) is 107 Å². The SMILES string of the molecule is CCC1=c2ccc([nH]2)=C(CC)c2[nH]c(c(CC)c2CC)C(Br)=c2c(CC)c(CC)c(n2CC)=C(CC)c2ccc1[nH]2. The summed E-state index contributed by atoms with van der Waals surface area (Å²) in [6, 6.07) is 9.12. The van der Waals surface area contributed by atoms with Gasteiger partial charge in [-0.2, -0.15) is 0 Å². The highest BCUT2D eigenvalue weighted by Gasteiger charge is 2.24. The lowest BCUT2D eigenvalue weighted by Gasteiger charge is -2.10. The van der Waals surface area contributed by atoms with Gasteiger partial charge in [-0.15, -0.1) is 0 Å². The number of halogens is 1. The lowest BCUT2D eigenvalue weighted by atomic mass is 9.98. The molecule has 0 radical (unpaired) electrons. The Morgan fingerprint density at radius 1 is 0.512 bits per heavy atom. The van der Waals surface area contributed by atoms with E-state index in [0.29, 0.717) is 0 Å². The van der Waals surface area contributed by atoms with Gasteiger partial charge in [-0.25, -0.2) is 0 Å². The zero-order chi connectivity index (χ0) is 29.4. The molecule has 3 N–H and O–H groups in total. The predicted octanol–water partition coefficient (Wildman–Crippen LogP) is 6.43. The Bertz CT molecular complexity index is 1830. The summed E-state index contributed by atoms with van der Waals surface area (Å²) in [6.45, 7) is 19.3. The molecule has 0 spiro atoms. The fraction of sp³-hybridized carbons (Fsp3) is 0.444. The summed E-state index contributed by atoms with van der Waals surface area (Å²) in [5.41, 5.74) is 14.8. The van der Waals surface area contributed by atoms with Crippen molar-refractivity contribution in [3.8, 4) is 0 Å².